The molecule has 0 bridgehead atoms. The predicted octanol–water partition coefficient (Wildman–Crippen LogP) is 15.3. The number of aryl methyl sites for hydroxylation is 4. The summed E-state index contributed by atoms with van der Waals surface area (Å²) in [7, 11) is 0. The van der Waals surface area contributed by atoms with Crippen molar-refractivity contribution in [1.82, 2.24) is 0 Å². The summed E-state index contributed by atoms with van der Waals surface area (Å²) in [6, 6.07) is 62.4. The lowest BCUT2D eigenvalue weighted by Crippen LogP contribution is -2.11. The topological polar surface area (TPSA) is 6.48 Å². The van der Waals surface area contributed by atoms with Crippen LogP contribution in [0.15, 0.2) is 170 Å². The zero-order chi connectivity index (χ0) is 37.3. The quantitative estimate of drug-likeness (QED) is 0.111. The summed E-state index contributed by atoms with van der Waals surface area (Å²) in [6.07, 6.45) is 7.11. The largest absolute Gasteiger partial charge is 0.310 e. The van der Waals surface area contributed by atoms with Gasteiger partial charge in [-0.25, -0.2) is 0 Å². The Hall–Kier alpha value is -5.86. The van der Waals surface area contributed by atoms with Gasteiger partial charge in [0.15, 0.2) is 0 Å². The summed E-state index contributed by atoms with van der Waals surface area (Å²) < 4.78 is 0. The third-order valence-corrected chi connectivity index (χ3v) is 10.5. The van der Waals surface area contributed by atoms with Crippen LogP contribution in [-0.4, -0.2) is 0 Å². The summed E-state index contributed by atoms with van der Waals surface area (Å²) in [5.41, 5.74) is 17.2. The Bertz CT molecular complexity index is 2070. The van der Waals surface area contributed by atoms with Crippen LogP contribution < -0.4 is 9.80 Å². The van der Waals surface area contributed by atoms with Crippen molar-refractivity contribution in [2.75, 3.05) is 9.80 Å². The molecule has 0 aliphatic rings. The van der Waals surface area contributed by atoms with Crippen LogP contribution in [0.2, 0.25) is 0 Å². The molecule has 0 saturated carbocycles. The minimum absolute atomic E-state index is 1.13. The fourth-order valence-corrected chi connectivity index (χ4v) is 7.33. The van der Waals surface area contributed by atoms with Crippen LogP contribution in [-0.2, 0) is 12.8 Å². The maximum absolute atomic E-state index is 2.37. The van der Waals surface area contributed by atoms with Crippen molar-refractivity contribution >= 4 is 34.1 Å². The molecule has 0 saturated heterocycles. The third kappa shape index (κ3) is 8.35. The van der Waals surface area contributed by atoms with E-state index in [1.54, 1.807) is 0 Å². The van der Waals surface area contributed by atoms with Crippen molar-refractivity contribution < 1.29 is 0 Å². The molecule has 2 nitrogen and oxygen atoms in total. The Morgan fingerprint density at radius 3 is 0.907 bits per heavy atom. The SMILES string of the molecule is CCCCc1ccc(N(c2ccc(-c3ccc(-c4ccc(N(c5ccc(CCCC)cc5)c5ccccc5C)cc4)cc3)cc2)c2ccccc2C)cc1. The predicted molar refractivity (Wildman–Crippen MR) is 233 cm³/mol. The Morgan fingerprint density at radius 1 is 0.333 bits per heavy atom. The van der Waals surface area contributed by atoms with Crippen molar-refractivity contribution in [3.05, 3.63) is 192 Å². The molecule has 0 spiro atoms. The molecule has 0 fully saturated rings. The van der Waals surface area contributed by atoms with Gasteiger partial charge in [-0.1, -0.05) is 136 Å². The first-order chi connectivity index (χ1) is 26.5. The molecule has 0 amide bonds. The Balaban J connectivity index is 1.11. The average molecular weight is 705 g/mol. The van der Waals surface area contributed by atoms with Crippen LogP contribution >= 0.6 is 0 Å². The first-order valence-corrected chi connectivity index (χ1v) is 19.7. The van der Waals surface area contributed by atoms with E-state index in [4.69, 9.17) is 0 Å². The van der Waals surface area contributed by atoms with Gasteiger partial charge in [0.25, 0.3) is 0 Å². The van der Waals surface area contributed by atoms with E-state index in [9.17, 15) is 0 Å². The van der Waals surface area contributed by atoms with Gasteiger partial charge in [0.1, 0.15) is 0 Å². The molecule has 0 heterocycles. The van der Waals surface area contributed by atoms with Gasteiger partial charge in [-0.2, -0.15) is 0 Å². The second-order valence-electron chi connectivity index (χ2n) is 14.5. The fourth-order valence-electron chi connectivity index (χ4n) is 7.33. The number of para-hydroxylation sites is 2. The number of nitrogens with zero attached hydrogens (tertiary/aromatic N) is 2. The van der Waals surface area contributed by atoms with E-state index in [1.165, 1.54) is 92.9 Å². The average Bonchev–Trinajstić information content (AvgIpc) is 3.22. The molecule has 0 N–H and O–H groups in total. The Labute approximate surface area is 323 Å². The molecular formula is C52H52N2. The van der Waals surface area contributed by atoms with Crippen LogP contribution in [0.25, 0.3) is 22.3 Å². The summed E-state index contributed by atoms with van der Waals surface area (Å²) in [5.74, 6) is 0. The molecule has 2 heteroatoms. The summed E-state index contributed by atoms with van der Waals surface area (Å²) in [6.45, 7) is 8.88. The molecule has 0 aliphatic heterocycles. The number of hydrogen-bond acceptors (Lipinski definition) is 2. The molecule has 0 radical (unpaired) electrons. The van der Waals surface area contributed by atoms with Gasteiger partial charge in [0.2, 0.25) is 0 Å². The molecule has 7 rings (SSSR count). The zero-order valence-corrected chi connectivity index (χ0v) is 32.3. The van der Waals surface area contributed by atoms with Crippen LogP contribution in [0.5, 0.6) is 0 Å². The van der Waals surface area contributed by atoms with Crippen molar-refractivity contribution in [1.29, 1.82) is 0 Å². The number of rotatable bonds is 14. The highest BCUT2D eigenvalue weighted by atomic mass is 15.1. The third-order valence-electron chi connectivity index (χ3n) is 10.5. The Morgan fingerprint density at radius 2 is 0.611 bits per heavy atom. The van der Waals surface area contributed by atoms with E-state index < -0.39 is 0 Å². The standard InChI is InChI=1S/C52H52N2/c1-5-7-15-41-19-31-47(32-20-41)53(51-17-11-9-13-39(51)3)49-35-27-45(28-36-49)43-23-25-44(26-24-43)46-29-37-50(38-30-46)54(52-18-12-10-14-40(52)4)48-33-21-42(22-34-48)16-8-6-2/h9-14,17-38H,5-8,15-16H2,1-4H3. The summed E-state index contributed by atoms with van der Waals surface area (Å²) in [4.78, 5) is 4.75. The highest BCUT2D eigenvalue weighted by Crippen LogP contribution is 2.39. The molecule has 0 aromatic heterocycles. The molecule has 270 valence electrons. The monoisotopic (exact) mass is 704 g/mol. The highest BCUT2D eigenvalue weighted by Gasteiger charge is 2.16. The van der Waals surface area contributed by atoms with E-state index in [1.807, 2.05) is 0 Å². The molecular weight excluding hydrogens is 653 g/mol. The Kier molecular flexibility index (Phi) is 11.7. The number of anilines is 6. The van der Waals surface area contributed by atoms with E-state index >= 15 is 0 Å². The molecule has 7 aromatic rings. The minimum Gasteiger partial charge on any atom is -0.310 e. The maximum Gasteiger partial charge on any atom is 0.0490 e. The number of benzene rings is 7. The smallest absolute Gasteiger partial charge is 0.0490 e. The van der Waals surface area contributed by atoms with E-state index in [2.05, 4.69) is 207 Å². The second kappa shape index (κ2) is 17.3. The van der Waals surface area contributed by atoms with Crippen LogP contribution in [0.3, 0.4) is 0 Å². The van der Waals surface area contributed by atoms with Gasteiger partial charge < -0.3 is 9.80 Å². The van der Waals surface area contributed by atoms with Crippen molar-refractivity contribution in [2.45, 2.75) is 66.2 Å². The lowest BCUT2D eigenvalue weighted by Gasteiger charge is -2.27. The molecule has 0 atom stereocenters. The van der Waals surface area contributed by atoms with Gasteiger partial charge in [-0.15, -0.1) is 0 Å². The van der Waals surface area contributed by atoms with Crippen molar-refractivity contribution in [3.63, 3.8) is 0 Å². The number of hydrogen-bond donors (Lipinski definition) is 0. The molecule has 7 aromatic carbocycles. The number of unbranched alkanes of at least 4 members (excludes halogenated alkanes) is 2. The van der Waals surface area contributed by atoms with E-state index in [0.29, 0.717) is 0 Å². The molecule has 0 unspecified atom stereocenters. The van der Waals surface area contributed by atoms with Gasteiger partial charge in [0, 0.05) is 34.1 Å². The summed E-state index contributed by atoms with van der Waals surface area (Å²) in [5, 5.41) is 0. The fraction of sp³-hybridized carbons (Fsp3) is 0.192. The van der Waals surface area contributed by atoms with Crippen molar-refractivity contribution in [3.8, 4) is 22.3 Å². The zero-order valence-electron chi connectivity index (χ0n) is 32.3. The highest BCUT2D eigenvalue weighted by molar-refractivity contribution is 5.82. The first kappa shape index (κ1) is 36.5. The molecule has 0 aliphatic carbocycles. The summed E-state index contributed by atoms with van der Waals surface area (Å²) >= 11 is 0. The van der Waals surface area contributed by atoms with Gasteiger partial charge >= 0.3 is 0 Å². The lowest BCUT2D eigenvalue weighted by molar-refractivity contribution is 0.795. The van der Waals surface area contributed by atoms with Gasteiger partial charge in [-0.05, 0) is 145 Å². The minimum atomic E-state index is 1.13. The second-order valence-corrected chi connectivity index (χ2v) is 14.5. The van der Waals surface area contributed by atoms with E-state index in [0.717, 1.165) is 24.2 Å². The lowest BCUT2D eigenvalue weighted by atomic mass is 9.99. The maximum atomic E-state index is 2.37. The first-order valence-electron chi connectivity index (χ1n) is 19.7. The van der Waals surface area contributed by atoms with Crippen molar-refractivity contribution in [2.24, 2.45) is 0 Å². The van der Waals surface area contributed by atoms with Gasteiger partial charge in [0.05, 0.1) is 0 Å². The van der Waals surface area contributed by atoms with Crippen LogP contribution in [0, 0.1) is 13.8 Å². The normalized spacial score (nSPS) is 11.0. The molecule has 54 heavy (non-hydrogen) atoms. The van der Waals surface area contributed by atoms with E-state index in [-0.39, 0.29) is 0 Å². The van der Waals surface area contributed by atoms with Crippen LogP contribution in [0.1, 0.15) is 61.8 Å². The van der Waals surface area contributed by atoms with Crippen LogP contribution in [0.4, 0.5) is 34.1 Å². The van der Waals surface area contributed by atoms with Gasteiger partial charge in [-0.3, -0.25) is 0 Å².